The molecule has 1 aromatic carbocycles. The molecule has 3 heterocycles. The number of nitro groups is 1. The van der Waals surface area contributed by atoms with Gasteiger partial charge in [0.15, 0.2) is 10.7 Å². The Kier molecular flexibility index (Phi) is 7.47. The van der Waals surface area contributed by atoms with E-state index in [0.717, 1.165) is 16.7 Å². The van der Waals surface area contributed by atoms with Gasteiger partial charge in [0.05, 0.1) is 29.4 Å². The van der Waals surface area contributed by atoms with Crippen molar-refractivity contribution >= 4 is 63.6 Å². The molecule has 0 bridgehead atoms. The number of hydrogen-bond acceptors (Lipinski definition) is 7. The summed E-state index contributed by atoms with van der Waals surface area (Å²) >= 11 is 23.5. The smallest absolute Gasteiger partial charge is 0.315 e. The second-order valence-corrected chi connectivity index (χ2v) is 9.61. The van der Waals surface area contributed by atoms with E-state index < -0.39 is 21.2 Å². The third kappa shape index (κ3) is 5.36. The third-order valence-corrected chi connectivity index (χ3v) is 6.15. The van der Waals surface area contributed by atoms with Crippen LogP contribution < -0.4 is 9.80 Å². The molecular weight excluding hydrogens is 536 g/mol. The summed E-state index contributed by atoms with van der Waals surface area (Å²) in [6, 6.07) is 12.4. The van der Waals surface area contributed by atoms with E-state index in [1.165, 1.54) is 0 Å². The fourth-order valence-corrected chi connectivity index (χ4v) is 4.21. The molecule has 8 nitrogen and oxygen atoms in total. The van der Waals surface area contributed by atoms with Gasteiger partial charge in [-0.2, -0.15) is 0 Å². The molecule has 0 N–H and O–H groups in total. The van der Waals surface area contributed by atoms with Gasteiger partial charge in [-0.25, -0.2) is 9.97 Å². The summed E-state index contributed by atoms with van der Waals surface area (Å²) in [6.07, 6.45) is 3.14. The summed E-state index contributed by atoms with van der Waals surface area (Å²) in [6.45, 7) is 2.25. The van der Waals surface area contributed by atoms with Gasteiger partial charge in [0.25, 0.3) is 5.78 Å². The van der Waals surface area contributed by atoms with E-state index in [1.54, 1.807) is 46.5 Å². The molecular formula is C23H17Cl4N5O3. The quantitative estimate of drug-likeness (QED) is 0.118. The van der Waals surface area contributed by atoms with E-state index >= 15 is 0 Å². The van der Waals surface area contributed by atoms with Gasteiger partial charge in [-0.1, -0.05) is 64.6 Å². The van der Waals surface area contributed by atoms with Crippen molar-refractivity contribution in [1.82, 2.24) is 9.97 Å². The Bertz CT molecular complexity index is 1310. The van der Waals surface area contributed by atoms with Crippen LogP contribution in [0.4, 0.5) is 11.4 Å². The number of benzene rings is 1. The van der Waals surface area contributed by atoms with E-state index in [1.807, 2.05) is 25.1 Å². The second-order valence-electron chi connectivity index (χ2n) is 7.74. The Labute approximate surface area is 220 Å². The van der Waals surface area contributed by atoms with Crippen molar-refractivity contribution in [3.63, 3.8) is 0 Å². The monoisotopic (exact) mass is 551 g/mol. The average molecular weight is 553 g/mol. The first-order chi connectivity index (χ1) is 16.7. The Balaban J connectivity index is 1.94. The standard InChI is InChI=1S/C23H17Cl4N5O3/c1-13-2-5-16-17(8-13)31(12-15-4-7-19(25)29-10-15)23(20(32(34)35)21(33)22(26)27)30(16)11-14-3-6-18(24)28-9-14/h2-10,22H,11-12H2,1H3. The number of hydrogen-bond donors (Lipinski definition) is 0. The number of nitrogens with zero attached hydrogens (tertiary/aromatic N) is 5. The van der Waals surface area contributed by atoms with Crippen LogP contribution in [0.2, 0.25) is 10.3 Å². The lowest BCUT2D eigenvalue weighted by molar-refractivity contribution is -0.420. The number of ketones is 1. The number of alkyl halides is 2. The first kappa shape index (κ1) is 25.2. The lowest BCUT2D eigenvalue weighted by Gasteiger charge is -2.25. The lowest BCUT2D eigenvalue weighted by atomic mass is 10.1. The summed E-state index contributed by atoms with van der Waals surface area (Å²) in [5, 5.41) is 12.9. The van der Waals surface area contributed by atoms with Crippen LogP contribution in [-0.2, 0) is 17.9 Å². The largest absolute Gasteiger partial charge is 0.355 e. The van der Waals surface area contributed by atoms with Gasteiger partial charge in [0, 0.05) is 12.4 Å². The number of carbonyl (C=O) groups excluding carboxylic acids is 1. The zero-order valence-electron chi connectivity index (χ0n) is 18.2. The van der Waals surface area contributed by atoms with E-state index in [0.29, 0.717) is 21.7 Å². The Morgan fingerprint density at radius 1 is 0.943 bits per heavy atom. The van der Waals surface area contributed by atoms with Crippen molar-refractivity contribution in [3.8, 4) is 0 Å². The Morgan fingerprint density at radius 3 is 1.94 bits per heavy atom. The molecule has 35 heavy (non-hydrogen) atoms. The summed E-state index contributed by atoms with van der Waals surface area (Å²) in [5.41, 5.74) is 2.98. The molecule has 0 atom stereocenters. The molecule has 1 aliphatic rings. The number of Topliss-reactive ketones (excluding diaryl/α,β-unsaturated/α-hetero) is 1. The maximum atomic E-state index is 12.9. The van der Waals surface area contributed by atoms with Crippen molar-refractivity contribution in [2.45, 2.75) is 24.8 Å². The van der Waals surface area contributed by atoms with Crippen molar-refractivity contribution < 1.29 is 9.72 Å². The highest BCUT2D eigenvalue weighted by Crippen LogP contribution is 2.45. The van der Waals surface area contributed by atoms with E-state index in [-0.39, 0.29) is 18.9 Å². The van der Waals surface area contributed by atoms with Crippen LogP contribution in [0.1, 0.15) is 16.7 Å². The number of anilines is 2. The predicted molar refractivity (Wildman–Crippen MR) is 137 cm³/mol. The normalized spacial score (nSPS) is 14.3. The van der Waals surface area contributed by atoms with Gasteiger partial charge in [0.1, 0.15) is 10.3 Å². The first-order valence-electron chi connectivity index (χ1n) is 10.2. The van der Waals surface area contributed by atoms with Gasteiger partial charge in [-0.3, -0.25) is 14.9 Å². The minimum absolute atomic E-state index is 0.0387. The van der Waals surface area contributed by atoms with Crippen LogP contribution in [0.5, 0.6) is 0 Å². The summed E-state index contributed by atoms with van der Waals surface area (Å²) < 4.78 is 0. The highest BCUT2D eigenvalue weighted by Gasteiger charge is 2.43. The number of allylic oxidation sites excluding steroid dienone is 1. The minimum atomic E-state index is -1.62. The minimum Gasteiger partial charge on any atom is -0.315 e. The van der Waals surface area contributed by atoms with Crippen LogP contribution >= 0.6 is 46.4 Å². The molecule has 1 aliphatic heterocycles. The van der Waals surface area contributed by atoms with Gasteiger partial charge < -0.3 is 9.80 Å². The molecule has 0 aliphatic carbocycles. The van der Waals surface area contributed by atoms with Crippen LogP contribution in [-0.4, -0.2) is 25.5 Å². The fourth-order valence-electron chi connectivity index (χ4n) is 3.78. The zero-order valence-corrected chi connectivity index (χ0v) is 21.2. The van der Waals surface area contributed by atoms with Gasteiger partial charge >= 0.3 is 5.70 Å². The Hall–Kier alpha value is -2.91. The molecule has 0 radical (unpaired) electrons. The van der Waals surface area contributed by atoms with Crippen LogP contribution in [0.25, 0.3) is 0 Å². The molecule has 2 aromatic heterocycles. The topological polar surface area (TPSA) is 92.5 Å². The highest BCUT2D eigenvalue weighted by atomic mass is 35.5. The number of halogens is 4. The number of carbonyl (C=O) groups is 1. The average Bonchev–Trinajstić information content (AvgIpc) is 3.08. The Morgan fingerprint density at radius 2 is 1.49 bits per heavy atom. The lowest BCUT2D eigenvalue weighted by Crippen LogP contribution is -2.34. The highest BCUT2D eigenvalue weighted by molar-refractivity contribution is 6.55. The first-order valence-corrected chi connectivity index (χ1v) is 11.9. The van der Waals surface area contributed by atoms with Gasteiger partial charge in [-0.15, -0.1) is 0 Å². The van der Waals surface area contributed by atoms with Gasteiger partial charge in [-0.05, 0) is 47.9 Å². The molecule has 3 aromatic rings. The second kappa shape index (κ2) is 10.4. The van der Waals surface area contributed by atoms with E-state index in [2.05, 4.69) is 9.97 Å². The summed E-state index contributed by atoms with van der Waals surface area (Å²) in [5.74, 6) is -0.979. The fraction of sp³-hybridized carbons (Fsp3) is 0.174. The molecule has 0 saturated heterocycles. The maximum absolute atomic E-state index is 12.9. The number of pyridine rings is 2. The molecule has 4 rings (SSSR count). The van der Waals surface area contributed by atoms with Crippen molar-refractivity contribution in [2.24, 2.45) is 0 Å². The zero-order chi connectivity index (χ0) is 25.3. The summed E-state index contributed by atoms with van der Waals surface area (Å²) in [4.78, 5) is 34.3. The SMILES string of the molecule is Cc1ccc2c(c1)N(Cc1ccc(Cl)nc1)C(=C(C(=O)C(Cl)Cl)[N+](=O)[O-])N2Cc1ccc(Cl)nc1. The predicted octanol–water partition coefficient (Wildman–Crippen LogP) is 5.94. The van der Waals surface area contributed by atoms with Crippen LogP contribution in [0.3, 0.4) is 0 Å². The van der Waals surface area contributed by atoms with Crippen molar-refractivity contribution in [3.05, 3.63) is 103 Å². The molecule has 12 heteroatoms. The van der Waals surface area contributed by atoms with Crippen molar-refractivity contribution in [2.75, 3.05) is 9.80 Å². The molecule has 180 valence electrons. The number of fused-ring (bicyclic) bond motifs is 1. The van der Waals surface area contributed by atoms with Crippen LogP contribution in [0.15, 0.2) is 66.4 Å². The number of aromatic nitrogens is 2. The van der Waals surface area contributed by atoms with Crippen molar-refractivity contribution in [1.29, 1.82) is 0 Å². The maximum Gasteiger partial charge on any atom is 0.355 e. The molecule has 0 spiro atoms. The number of aryl methyl sites for hydroxylation is 1. The molecule has 0 fully saturated rings. The molecule has 0 unspecified atom stereocenters. The van der Waals surface area contributed by atoms with E-state index in [4.69, 9.17) is 46.4 Å². The number of rotatable bonds is 7. The third-order valence-electron chi connectivity index (χ3n) is 5.31. The van der Waals surface area contributed by atoms with Crippen LogP contribution in [0, 0.1) is 17.0 Å². The molecule has 0 amide bonds. The van der Waals surface area contributed by atoms with E-state index in [9.17, 15) is 14.9 Å². The molecule has 0 saturated carbocycles. The summed E-state index contributed by atoms with van der Waals surface area (Å²) in [7, 11) is 0. The van der Waals surface area contributed by atoms with Gasteiger partial charge in [0.2, 0.25) is 0 Å².